The predicted octanol–water partition coefficient (Wildman–Crippen LogP) is 15.6. The quantitative estimate of drug-likeness (QED) is 0.111. The molecule has 268 valence electrons. The van der Waals surface area contributed by atoms with E-state index in [1.165, 1.54) is 99.1 Å². The monoisotopic (exact) mass is 700 g/mol. The Morgan fingerprint density at radius 3 is 0.685 bits per heavy atom. The molecule has 8 aromatic carbocycles. The molecule has 8 aromatic rings. The lowest BCUT2D eigenvalue weighted by atomic mass is 9.75. The van der Waals surface area contributed by atoms with Crippen molar-refractivity contribution in [1.82, 2.24) is 0 Å². The molecule has 0 unspecified atom stereocenters. The van der Waals surface area contributed by atoms with Gasteiger partial charge in [-0.2, -0.15) is 0 Å². The van der Waals surface area contributed by atoms with Gasteiger partial charge < -0.3 is 0 Å². The molecule has 0 aliphatic rings. The van der Waals surface area contributed by atoms with Gasteiger partial charge in [-0.25, -0.2) is 0 Å². The van der Waals surface area contributed by atoms with Crippen LogP contribution < -0.4 is 0 Å². The van der Waals surface area contributed by atoms with Crippen molar-refractivity contribution in [2.75, 3.05) is 0 Å². The molecule has 0 bridgehead atoms. The first-order valence-corrected chi connectivity index (χ1v) is 20.5. The minimum atomic E-state index is 1.04. The number of aryl methyl sites for hydroxylation is 4. The molecular formula is C54H52. The van der Waals surface area contributed by atoms with E-state index in [0.717, 1.165) is 51.4 Å². The topological polar surface area (TPSA) is 0 Å². The summed E-state index contributed by atoms with van der Waals surface area (Å²) in [6, 6.07) is 55.6. The third-order valence-electron chi connectivity index (χ3n) is 11.4. The van der Waals surface area contributed by atoms with E-state index in [9.17, 15) is 0 Å². The van der Waals surface area contributed by atoms with Gasteiger partial charge in [-0.1, -0.05) is 199 Å². The fraction of sp³-hybridized carbons (Fsp3) is 0.222. The molecule has 0 saturated carbocycles. The standard InChI is InChI=1S/C54H52/c1-5-21-37-25-9-13-29-41(37)49-45-33-17-18-34-46(45)51(43-31-15-11-27-39(43)23-7-3)54-52(44-32-16-12-28-40(44)24-8-4)48-36-20-19-35-47(48)50(53(49)54)42-30-14-10-26-38(42)22-6-2/h9-20,25-36H,5-8,21-24H2,1-4H3. The van der Waals surface area contributed by atoms with Crippen molar-refractivity contribution < 1.29 is 0 Å². The van der Waals surface area contributed by atoms with Crippen LogP contribution in [0, 0.1) is 0 Å². The first kappa shape index (κ1) is 35.6. The van der Waals surface area contributed by atoms with E-state index < -0.39 is 0 Å². The van der Waals surface area contributed by atoms with Gasteiger partial charge in [0, 0.05) is 0 Å². The summed E-state index contributed by atoms with van der Waals surface area (Å²) >= 11 is 0. The minimum Gasteiger partial charge on any atom is -0.0651 e. The van der Waals surface area contributed by atoms with Gasteiger partial charge >= 0.3 is 0 Å². The van der Waals surface area contributed by atoms with Gasteiger partial charge in [0.2, 0.25) is 0 Å². The summed E-state index contributed by atoms with van der Waals surface area (Å²) in [5.74, 6) is 0. The van der Waals surface area contributed by atoms with Gasteiger partial charge in [-0.15, -0.1) is 0 Å². The third kappa shape index (κ3) is 6.22. The van der Waals surface area contributed by atoms with E-state index >= 15 is 0 Å². The largest absolute Gasteiger partial charge is 0.0651 e. The van der Waals surface area contributed by atoms with Crippen LogP contribution in [0.25, 0.3) is 76.8 Å². The Bertz CT molecular complexity index is 2240. The van der Waals surface area contributed by atoms with Crippen molar-refractivity contribution in [3.05, 3.63) is 168 Å². The Balaban J connectivity index is 1.77. The molecule has 0 nitrogen and oxygen atoms in total. The zero-order chi connectivity index (χ0) is 37.0. The maximum Gasteiger partial charge on any atom is -0.000118 e. The highest BCUT2D eigenvalue weighted by atomic mass is 14.3. The average Bonchev–Trinajstić information content (AvgIpc) is 3.21. The Morgan fingerprint density at radius 2 is 0.463 bits per heavy atom. The lowest BCUT2D eigenvalue weighted by Gasteiger charge is -2.27. The summed E-state index contributed by atoms with van der Waals surface area (Å²) in [5, 5.41) is 8.06. The van der Waals surface area contributed by atoms with Crippen LogP contribution in [0.1, 0.15) is 75.6 Å². The zero-order valence-corrected chi connectivity index (χ0v) is 32.5. The van der Waals surface area contributed by atoms with Crippen LogP contribution in [0.15, 0.2) is 146 Å². The van der Waals surface area contributed by atoms with Gasteiger partial charge in [-0.3, -0.25) is 0 Å². The van der Waals surface area contributed by atoms with E-state index in [1.807, 2.05) is 0 Å². The molecule has 0 atom stereocenters. The van der Waals surface area contributed by atoms with E-state index in [4.69, 9.17) is 0 Å². The molecule has 0 saturated heterocycles. The fourth-order valence-corrected chi connectivity index (χ4v) is 9.25. The lowest BCUT2D eigenvalue weighted by molar-refractivity contribution is 0.923. The Hall–Kier alpha value is -5.46. The predicted molar refractivity (Wildman–Crippen MR) is 237 cm³/mol. The molecule has 0 radical (unpaired) electrons. The molecule has 0 aromatic heterocycles. The molecular weight excluding hydrogens is 649 g/mol. The molecule has 0 aliphatic heterocycles. The smallest absolute Gasteiger partial charge is 0.000118 e. The summed E-state index contributed by atoms with van der Waals surface area (Å²) in [4.78, 5) is 0. The summed E-state index contributed by atoms with van der Waals surface area (Å²) in [7, 11) is 0. The number of fused-ring (bicyclic) bond motifs is 3. The Morgan fingerprint density at radius 1 is 0.259 bits per heavy atom. The molecule has 54 heavy (non-hydrogen) atoms. The molecule has 0 fully saturated rings. The Kier molecular flexibility index (Phi) is 10.5. The summed E-state index contributed by atoms with van der Waals surface area (Å²) in [6.07, 6.45) is 8.53. The molecule has 0 heterocycles. The second-order valence-electron chi connectivity index (χ2n) is 15.0. The second kappa shape index (κ2) is 15.9. The van der Waals surface area contributed by atoms with E-state index in [0.29, 0.717) is 0 Å². The zero-order valence-electron chi connectivity index (χ0n) is 32.5. The van der Waals surface area contributed by atoms with Gasteiger partial charge in [-0.05, 0) is 125 Å². The van der Waals surface area contributed by atoms with Gasteiger partial charge in [0.05, 0.1) is 0 Å². The summed E-state index contributed by atoms with van der Waals surface area (Å²) in [6.45, 7) is 9.24. The van der Waals surface area contributed by atoms with Crippen LogP contribution in [-0.4, -0.2) is 0 Å². The molecule has 0 N–H and O–H groups in total. The third-order valence-corrected chi connectivity index (χ3v) is 11.4. The maximum absolute atomic E-state index is 2.40. The number of hydrogen-bond acceptors (Lipinski definition) is 0. The molecule has 0 spiro atoms. The van der Waals surface area contributed by atoms with Crippen molar-refractivity contribution in [2.45, 2.75) is 79.1 Å². The highest BCUT2D eigenvalue weighted by Crippen LogP contribution is 2.55. The lowest BCUT2D eigenvalue weighted by Crippen LogP contribution is -2.02. The normalized spacial score (nSPS) is 11.6. The SMILES string of the molecule is CCCc1ccccc1-c1c2ccccc2c(-c2ccccc2CCC)c2c(-c3ccccc3CCC)c3ccccc3c(-c3ccccc3CCC)c12. The van der Waals surface area contributed by atoms with Crippen molar-refractivity contribution in [3.63, 3.8) is 0 Å². The van der Waals surface area contributed by atoms with Crippen LogP contribution in [0.3, 0.4) is 0 Å². The minimum absolute atomic E-state index is 1.04. The van der Waals surface area contributed by atoms with Crippen LogP contribution in [-0.2, 0) is 25.7 Å². The highest BCUT2D eigenvalue weighted by molar-refractivity contribution is 6.34. The van der Waals surface area contributed by atoms with Crippen LogP contribution in [0.4, 0.5) is 0 Å². The van der Waals surface area contributed by atoms with E-state index in [2.05, 4.69) is 173 Å². The van der Waals surface area contributed by atoms with Gasteiger partial charge in [0.25, 0.3) is 0 Å². The van der Waals surface area contributed by atoms with Crippen LogP contribution in [0.2, 0.25) is 0 Å². The van der Waals surface area contributed by atoms with E-state index in [-0.39, 0.29) is 0 Å². The van der Waals surface area contributed by atoms with Crippen molar-refractivity contribution in [1.29, 1.82) is 0 Å². The van der Waals surface area contributed by atoms with Crippen molar-refractivity contribution in [2.24, 2.45) is 0 Å². The molecule has 8 rings (SSSR count). The number of hydrogen-bond donors (Lipinski definition) is 0. The summed E-state index contributed by atoms with van der Waals surface area (Å²) in [5.41, 5.74) is 16.5. The van der Waals surface area contributed by atoms with E-state index in [1.54, 1.807) is 0 Å². The number of benzene rings is 8. The van der Waals surface area contributed by atoms with Gasteiger partial charge in [0.15, 0.2) is 0 Å². The first-order chi connectivity index (χ1) is 26.7. The molecule has 0 aliphatic carbocycles. The number of rotatable bonds is 12. The average molecular weight is 701 g/mol. The van der Waals surface area contributed by atoms with Crippen molar-refractivity contribution >= 4 is 32.3 Å². The Labute approximate surface area is 322 Å². The molecule has 0 amide bonds. The van der Waals surface area contributed by atoms with Crippen LogP contribution in [0.5, 0.6) is 0 Å². The molecule has 0 heteroatoms. The van der Waals surface area contributed by atoms with Crippen molar-refractivity contribution in [3.8, 4) is 44.5 Å². The first-order valence-electron chi connectivity index (χ1n) is 20.5. The summed E-state index contributed by atoms with van der Waals surface area (Å²) < 4.78 is 0. The van der Waals surface area contributed by atoms with Gasteiger partial charge in [0.1, 0.15) is 0 Å². The highest BCUT2D eigenvalue weighted by Gasteiger charge is 2.28. The second-order valence-corrected chi connectivity index (χ2v) is 15.0. The maximum atomic E-state index is 2.40. The van der Waals surface area contributed by atoms with Crippen LogP contribution >= 0.6 is 0 Å². The fourth-order valence-electron chi connectivity index (χ4n) is 9.25.